The monoisotopic (exact) mass is 489 g/mol. The zero-order valence-corrected chi connectivity index (χ0v) is 21.2. The van der Waals surface area contributed by atoms with E-state index < -0.39 is 0 Å². The summed E-state index contributed by atoms with van der Waals surface area (Å²) in [6, 6.07) is 11.4. The Bertz CT molecular complexity index is 1400. The van der Waals surface area contributed by atoms with Gasteiger partial charge in [0, 0.05) is 32.0 Å². The van der Waals surface area contributed by atoms with Crippen LogP contribution in [0.25, 0.3) is 22.3 Å². The summed E-state index contributed by atoms with van der Waals surface area (Å²) < 4.78 is 16.5. The number of nitrogens with one attached hydrogen (secondary N) is 3. The lowest BCUT2D eigenvalue weighted by Gasteiger charge is -2.17. The molecular weight excluding hydrogens is 458 g/mol. The van der Waals surface area contributed by atoms with E-state index in [-0.39, 0.29) is 5.56 Å². The van der Waals surface area contributed by atoms with E-state index in [1.807, 2.05) is 51.2 Å². The summed E-state index contributed by atoms with van der Waals surface area (Å²) >= 11 is 0. The van der Waals surface area contributed by atoms with Gasteiger partial charge in [0.2, 0.25) is 0 Å². The van der Waals surface area contributed by atoms with Crippen molar-refractivity contribution in [2.75, 3.05) is 45.1 Å². The quantitative estimate of drug-likeness (QED) is 0.283. The van der Waals surface area contributed by atoms with Gasteiger partial charge in [0.05, 0.1) is 37.3 Å². The minimum absolute atomic E-state index is 0.286. The average molecular weight is 490 g/mol. The van der Waals surface area contributed by atoms with Gasteiger partial charge in [-0.05, 0) is 49.2 Å². The maximum atomic E-state index is 13.3. The number of pyridine rings is 1. The molecule has 0 spiro atoms. The van der Waals surface area contributed by atoms with Crippen LogP contribution >= 0.6 is 0 Å². The number of aromatic amines is 1. The van der Waals surface area contributed by atoms with Crippen LogP contribution in [-0.4, -0.2) is 49.4 Å². The molecule has 4 rings (SSSR count). The van der Waals surface area contributed by atoms with E-state index in [0.29, 0.717) is 47.9 Å². The molecule has 9 nitrogen and oxygen atoms in total. The third-order valence-electron chi connectivity index (χ3n) is 5.88. The Hall–Kier alpha value is -4.11. The molecule has 4 aromatic rings. The van der Waals surface area contributed by atoms with Gasteiger partial charge in [-0.25, -0.2) is 4.98 Å². The number of methoxy groups -OCH3 is 2. The molecule has 0 amide bonds. The minimum atomic E-state index is -0.286. The first-order valence-electron chi connectivity index (χ1n) is 11.7. The smallest absolute Gasteiger partial charge is 0.262 e. The van der Waals surface area contributed by atoms with Crippen LogP contribution in [0, 0.1) is 13.8 Å². The Morgan fingerprint density at radius 2 is 1.83 bits per heavy atom. The van der Waals surface area contributed by atoms with Crippen molar-refractivity contribution >= 4 is 22.3 Å². The molecule has 0 bridgehead atoms. The van der Waals surface area contributed by atoms with Crippen LogP contribution < -0.4 is 25.7 Å². The van der Waals surface area contributed by atoms with Crippen molar-refractivity contribution in [3.63, 3.8) is 0 Å². The molecule has 2 aromatic heterocycles. The third kappa shape index (κ3) is 5.11. The zero-order valence-electron chi connectivity index (χ0n) is 21.2. The number of benzene rings is 2. The predicted octanol–water partition coefficient (Wildman–Crippen LogP) is 4.29. The number of hydrogen-bond donors (Lipinski definition) is 3. The summed E-state index contributed by atoms with van der Waals surface area (Å²) in [5.41, 5.74) is 5.21. The lowest BCUT2D eigenvalue weighted by Crippen LogP contribution is -2.14. The highest BCUT2D eigenvalue weighted by atomic mass is 16.5. The molecule has 3 N–H and O–H groups in total. The number of fused-ring (bicyclic) bond motifs is 1. The van der Waals surface area contributed by atoms with Crippen LogP contribution in [0.15, 0.2) is 47.4 Å². The van der Waals surface area contributed by atoms with Gasteiger partial charge in [-0.2, -0.15) is 0 Å². The second-order valence-electron chi connectivity index (χ2n) is 8.34. The summed E-state index contributed by atoms with van der Waals surface area (Å²) in [6.45, 7) is 5.37. The van der Waals surface area contributed by atoms with Crippen LogP contribution in [0.4, 0.5) is 11.4 Å². The second kappa shape index (κ2) is 11.1. The summed E-state index contributed by atoms with van der Waals surface area (Å²) in [5.74, 6) is 1.70. The zero-order chi connectivity index (χ0) is 25.7. The van der Waals surface area contributed by atoms with E-state index in [1.165, 1.54) is 7.11 Å². The van der Waals surface area contributed by atoms with E-state index in [9.17, 15) is 4.79 Å². The standard InChI is InChI=1S/C27H31N5O4/c1-16-12-18(13-17(2)25(16)36-11-10-34-4)26-31-24-22(27(33)32-26)21(35-5)14-20(28-3)23(24)30-15-19-8-6-7-9-29-19/h6-9,12-14,28,30H,10-11,15H2,1-5H3,(H,31,32,33). The van der Waals surface area contributed by atoms with Gasteiger partial charge in [-0.3, -0.25) is 9.78 Å². The Morgan fingerprint density at radius 1 is 1.06 bits per heavy atom. The van der Waals surface area contributed by atoms with E-state index in [4.69, 9.17) is 19.2 Å². The molecule has 0 aliphatic rings. The average Bonchev–Trinajstić information content (AvgIpc) is 2.88. The van der Waals surface area contributed by atoms with Crippen molar-refractivity contribution in [2.24, 2.45) is 0 Å². The molecule has 0 atom stereocenters. The molecule has 0 fully saturated rings. The molecule has 0 saturated carbocycles. The number of aromatic nitrogens is 3. The Morgan fingerprint density at radius 3 is 2.47 bits per heavy atom. The molecule has 0 unspecified atom stereocenters. The summed E-state index contributed by atoms with van der Waals surface area (Å²) in [7, 11) is 5.00. The van der Waals surface area contributed by atoms with Crippen LogP contribution in [0.1, 0.15) is 16.8 Å². The molecule has 2 heterocycles. The fraction of sp³-hybridized carbons (Fsp3) is 0.296. The number of rotatable bonds is 10. The summed E-state index contributed by atoms with van der Waals surface area (Å²) in [5, 5.41) is 6.97. The molecule has 0 aliphatic carbocycles. The first-order valence-corrected chi connectivity index (χ1v) is 11.7. The maximum Gasteiger partial charge on any atom is 0.262 e. The van der Waals surface area contributed by atoms with E-state index >= 15 is 0 Å². The molecule has 36 heavy (non-hydrogen) atoms. The Labute approximate surface area is 209 Å². The lowest BCUT2D eigenvalue weighted by molar-refractivity contribution is 0.145. The van der Waals surface area contributed by atoms with Crippen molar-refractivity contribution < 1.29 is 14.2 Å². The van der Waals surface area contributed by atoms with Crippen molar-refractivity contribution in [3.8, 4) is 22.9 Å². The predicted molar refractivity (Wildman–Crippen MR) is 142 cm³/mol. The molecule has 0 radical (unpaired) electrons. The number of aryl methyl sites for hydroxylation is 2. The highest BCUT2D eigenvalue weighted by Crippen LogP contribution is 2.37. The van der Waals surface area contributed by atoms with E-state index in [1.54, 1.807) is 19.4 Å². The molecule has 0 aliphatic heterocycles. The van der Waals surface area contributed by atoms with Crippen molar-refractivity contribution in [1.82, 2.24) is 15.0 Å². The minimum Gasteiger partial charge on any atom is -0.496 e. The fourth-order valence-electron chi connectivity index (χ4n) is 4.18. The van der Waals surface area contributed by atoms with Crippen molar-refractivity contribution in [2.45, 2.75) is 20.4 Å². The van der Waals surface area contributed by atoms with Crippen LogP contribution in [0.5, 0.6) is 11.5 Å². The van der Waals surface area contributed by atoms with Gasteiger partial charge in [0.1, 0.15) is 34.8 Å². The Kier molecular flexibility index (Phi) is 7.70. The van der Waals surface area contributed by atoms with Crippen LogP contribution in [0.2, 0.25) is 0 Å². The molecule has 0 saturated heterocycles. The topological polar surface area (TPSA) is 110 Å². The molecule has 2 aromatic carbocycles. The van der Waals surface area contributed by atoms with Crippen molar-refractivity contribution in [3.05, 3.63) is 69.8 Å². The largest absolute Gasteiger partial charge is 0.496 e. The highest BCUT2D eigenvalue weighted by molar-refractivity contribution is 6.01. The van der Waals surface area contributed by atoms with Crippen LogP contribution in [0.3, 0.4) is 0 Å². The number of nitrogens with zero attached hydrogens (tertiary/aromatic N) is 2. The lowest BCUT2D eigenvalue weighted by atomic mass is 10.0. The molecular formula is C27H31N5O4. The normalized spacial score (nSPS) is 10.9. The highest BCUT2D eigenvalue weighted by Gasteiger charge is 2.19. The number of hydrogen-bond acceptors (Lipinski definition) is 8. The summed E-state index contributed by atoms with van der Waals surface area (Å²) in [6.07, 6.45) is 1.75. The van der Waals surface area contributed by atoms with Crippen LogP contribution in [-0.2, 0) is 11.3 Å². The SMILES string of the molecule is CNc1cc(OC)c2c(=O)[nH]c(-c3cc(C)c(OCCOC)c(C)c3)nc2c1NCc1ccccn1. The van der Waals surface area contributed by atoms with Crippen molar-refractivity contribution in [1.29, 1.82) is 0 Å². The summed E-state index contributed by atoms with van der Waals surface area (Å²) in [4.78, 5) is 25.5. The number of anilines is 2. The third-order valence-corrected chi connectivity index (χ3v) is 5.88. The second-order valence-corrected chi connectivity index (χ2v) is 8.34. The van der Waals surface area contributed by atoms with Gasteiger partial charge < -0.3 is 29.8 Å². The number of H-pyrrole nitrogens is 1. The first kappa shape index (κ1) is 25.0. The molecule has 9 heteroatoms. The van der Waals surface area contributed by atoms with Gasteiger partial charge >= 0.3 is 0 Å². The van der Waals surface area contributed by atoms with E-state index in [0.717, 1.165) is 33.8 Å². The first-order chi connectivity index (χ1) is 17.5. The molecule has 188 valence electrons. The Balaban J connectivity index is 1.84. The van der Waals surface area contributed by atoms with Gasteiger partial charge in [-0.1, -0.05) is 6.07 Å². The van der Waals surface area contributed by atoms with Gasteiger partial charge in [-0.15, -0.1) is 0 Å². The number of ether oxygens (including phenoxy) is 3. The fourth-order valence-corrected chi connectivity index (χ4v) is 4.18. The van der Waals surface area contributed by atoms with E-state index in [2.05, 4.69) is 20.6 Å². The maximum absolute atomic E-state index is 13.3. The van der Waals surface area contributed by atoms with Gasteiger partial charge in [0.25, 0.3) is 5.56 Å². The van der Waals surface area contributed by atoms with Gasteiger partial charge in [0.15, 0.2) is 0 Å².